The number of hydrogen-bond donors (Lipinski definition) is 2. The Kier molecular flexibility index (Phi) is 8.18. The molecule has 0 atom stereocenters. The fourth-order valence-electron chi connectivity index (χ4n) is 1.78. The third kappa shape index (κ3) is 6.44. The van der Waals surface area contributed by atoms with Gasteiger partial charge in [-0.25, -0.2) is 0 Å². The Morgan fingerprint density at radius 3 is 2.86 bits per heavy atom. The second-order valence-electron chi connectivity index (χ2n) is 4.76. The van der Waals surface area contributed by atoms with Crippen molar-refractivity contribution in [1.82, 2.24) is 5.32 Å². The average molecular weight is 288 g/mol. The van der Waals surface area contributed by atoms with E-state index in [2.05, 4.69) is 24.1 Å². The van der Waals surface area contributed by atoms with E-state index < -0.39 is 0 Å². The van der Waals surface area contributed by atoms with Crippen LogP contribution in [0.2, 0.25) is 0 Å². The van der Waals surface area contributed by atoms with E-state index in [0.29, 0.717) is 25.3 Å². The maximum atomic E-state index is 12.0. The molecule has 1 aromatic carbocycles. The molecule has 3 N–H and O–H groups in total. The molecule has 1 aromatic rings. The molecule has 1 rings (SSSR count). The molecule has 0 saturated carbocycles. The number of ether oxygens (including phenoxy) is 1. The summed E-state index contributed by atoms with van der Waals surface area (Å²) in [6, 6.07) is 5.47. The Hall–Kier alpha value is -1.83. The van der Waals surface area contributed by atoms with Crippen LogP contribution in [0.1, 0.15) is 41.3 Å². The number of unbranched alkanes of at least 4 members (excludes halogenated alkanes) is 1. The summed E-state index contributed by atoms with van der Waals surface area (Å²) in [6.07, 6.45) is 2.17. The highest BCUT2D eigenvalue weighted by molar-refractivity contribution is 5.94. The van der Waals surface area contributed by atoms with Gasteiger partial charge in [-0.1, -0.05) is 25.2 Å². The first kappa shape index (κ1) is 17.2. The summed E-state index contributed by atoms with van der Waals surface area (Å²) in [5.41, 5.74) is 7.87. The van der Waals surface area contributed by atoms with Crippen molar-refractivity contribution >= 4 is 5.91 Å². The van der Waals surface area contributed by atoms with Gasteiger partial charge in [-0.05, 0) is 37.1 Å². The number of rotatable bonds is 7. The Balaban J connectivity index is 2.46. The maximum Gasteiger partial charge on any atom is 0.251 e. The summed E-state index contributed by atoms with van der Waals surface area (Å²) in [5, 5.41) is 2.85. The Labute approximate surface area is 127 Å². The van der Waals surface area contributed by atoms with Gasteiger partial charge in [0.1, 0.15) is 0 Å². The normalized spacial score (nSPS) is 9.86. The summed E-state index contributed by atoms with van der Waals surface area (Å²) in [6.45, 7) is 6.21. The maximum absolute atomic E-state index is 12.0. The van der Waals surface area contributed by atoms with E-state index in [-0.39, 0.29) is 5.91 Å². The highest BCUT2D eigenvalue weighted by Crippen LogP contribution is 2.10. The molecule has 0 spiro atoms. The molecule has 0 aliphatic rings. The SMILES string of the molecule is CCCCOCCNC(=O)c1ccc(C#CCN)c(C)c1. The number of aryl methyl sites for hydroxylation is 1. The van der Waals surface area contributed by atoms with Crippen LogP contribution in [-0.4, -0.2) is 32.2 Å². The zero-order chi connectivity index (χ0) is 15.5. The summed E-state index contributed by atoms with van der Waals surface area (Å²) in [5.74, 6) is 5.71. The summed E-state index contributed by atoms with van der Waals surface area (Å²) in [7, 11) is 0. The predicted octanol–water partition coefficient (Wildman–Crippen LogP) is 1.85. The number of benzene rings is 1. The molecule has 0 radical (unpaired) electrons. The smallest absolute Gasteiger partial charge is 0.251 e. The molecule has 21 heavy (non-hydrogen) atoms. The number of nitrogens with two attached hydrogens (primary N) is 1. The highest BCUT2D eigenvalue weighted by atomic mass is 16.5. The second-order valence-corrected chi connectivity index (χ2v) is 4.76. The molecule has 4 heteroatoms. The molecule has 0 fully saturated rings. The lowest BCUT2D eigenvalue weighted by Gasteiger charge is -2.07. The largest absolute Gasteiger partial charge is 0.380 e. The van der Waals surface area contributed by atoms with Crippen LogP contribution in [0.5, 0.6) is 0 Å². The molecule has 0 saturated heterocycles. The van der Waals surface area contributed by atoms with Crippen LogP contribution in [-0.2, 0) is 4.74 Å². The van der Waals surface area contributed by atoms with E-state index in [0.717, 1.165) is 30.6 Å². The molecular formula is C17H24N2O2. The van der Waals surface area contributed by atoms with Crippen LogP contribution >= 0.6 is 0 Å². The van der Waals surface area contributed by atoms with Crippen molar-refractivity contribution in [2.24, 2.45) is 5.73 Å². The topological polar surface area (TPSA) is 64.3 Å². The van der Waals surface area contributed by atoms with E-state index in [9.17, 15) is 4.79 Å². The number of nitrogens with one attached hydrogen (secondary N) is 1. The molecule has 0 aliphatic heterocycles. The third-order valence-electron chi connectivity index (χ3n) is 2.99. The van der Waals surface area contributed by atoms with Gasteiger partial charge in [-0.2, -0.15) is 0 Å². The number of carbonyl (C=O) groups excluding carboxylic acids is 1. The monoisotopic (exact) mass is 288 g/mol. The first-order chi connectivity index (χ1) is 10.2. The molecule has 4 nitrogen and oxygen atoms in total. The van der Waals surface area contributed by atoms with Gasteiger partial charge in [0.15, 0.2) is 0 Å². The van der Waals surface area contributed by atoms with Crippen LogP contribution in [0.3, 0.4) is 0 Å². The van der Waals surface area contributed by atoms with Crippen LogP contribution in [0.4, 0.5) is 0 Å². The van der Waals surface area contributed by atoms with Crippen molar-refractivity contribution in [3.8, 4) is 11.8 Å². The molecule has 0 aromatic heterocycles. The number of carbonyl (C=O) groups is 1. The molecule has 0 unspecified atom stereocenters. The van der Waals surface area contributed by atoms with Crippen molar-refractivity contribution in [3.05, 3.63) is 34.9 Å². The van der Waals surface area contributed by atoms with E-state index in [1.165, 1.54) is 0 Å². The fraction of sp³-hybridized carbons (Fsp3) is 0.471. The molecular weight excluding hydrogens is 264 g/mol. The Morgan fingerprint density at radius 1 is 1.38 bits per heavy atom. The van der Waals surface area contributed by atoms with E-state index in [1.54, 1.807) is 6.07 Å². The van der Waals surface area contributed by atoms with Gasteiger partial charge in [-0.3, -0.25) is 4.79 Å². The van der Waals surface area contributed by atoms with Crippen molar-refractivity contribution in [1.29, 1.82) is 0 Å². The average Bonchev–Trinajstić information content (AvgIpc) is 2.49. The van der Waals surface area contributed by atoms with Crippen molar-refractivity contribution in [3.63, 3.8) is 0 Å². The van der Waals surface area contributed by atoms with Crippen LogP contribution in [0, 0.1) is 18.8 Å². The predicted molar refractivity (Wildman–Crippen MR) is 85.2 cm³/mol. The Bertz CT molecular complexity index is 515. The second kappa shape index (κ2) is 9.98. The number of amides is 1. The van der Waals surface area contributed by atoms with Gasteiger partial charge in [0.2, 0.25) is 0 Å². The van der Waals surface area contributed by atoms with E-state index >= 15 is 0 Å². The summed E-state index contributed by atoms with van der Waals surface area (Å²) < 4.78 is 5.40. The van der Waals surface area contributed by atoms with Crippen molar-refractivity contribution < 1.29 is 9.53 Å². The van der Waals surface area contributed by atoms with Crippen LogP contribution in [0.25, 0.3) is 0 Å². The van der Waals surface area contributed by atoms with Gasteiger partial charge in [0, 0.05) is 24.3 Å². The quantitative estimate of drug-likeness (QED) is 0.594. The van der Waals surface area contributed by atoms with Gasteiger partial charge < -0.3 is 15.8 Å². The number of hydrogen-bond acceptors (Lipinski definition) is 3. The standard InChI is InChI=1S/C17H24N2O2/c1-3-4-11-21-12-10-19-17(20)16-8-7-15(6-5-9-18)14(2)13-16/h7-8,13H,3-4,9-12,18H2,1-2H3,(H,19,20). The van der Waals surface area contributed by atoms with Gasteiger partial charge in [0.05, 0.1) is 13.2 Å². The van der Waals surface area contributed by atoms with Gasteiger partial charge in [-0.15, -0.1) is 0 Å². The Morgan fingerprint density at radius 2 is 2.19 bits per heavy atom. The lowest BCUT2D eigenvalue weighted by atomic mass is 10.0. The minimum absolute atomic E-state index is 0.0875. The van der Waals surface area contributed by atoms with E-state index in [4.69, 9.17) is 10.5 Å². The zero-order valence-corrected chi connectivity index (χ0v) is 12.9. The summed E-state index contributed by atoms with van der Waals surface area (Å²) in [4.78, 5) is 12.0. The minimum Gasteiger partial charge on any atom is -0.380 e. The molecule has 1 amide bonds. The van der Waals surface area contributed by atoms with Gasteiger partial charge >= 0.3 is 0 Å². The van der Waals surface area contributed by atoms with Crippen LogP contribution < -0.4 is 11.1 Å². The third-order valence-corrected chi connectivity index (χ3v) is 2.99. The first-order valence-electron chi connectivity index (χ1n) is 7.34. The molecule has 0 bridgehead atoms. The lowest BCUT2D eigenvalue weighted by Crippen LogP contribution is -2.27. The van der Waals surface area contributed by atoms with E-state index in [1.807, 2.05) is 19.1 Å². The minimum atomic E-state index is -0.0875. The van der Waals surface area contributed by atoms with Crippen molar-refractivity contribution in [2.45, 2.75) is 26.7 Å². The first-order valence-corrected chi connectivity index (χ1v) is 7.34. The molecule has 0 aliphatic carbocycles. The zero-order valence-electron chi connectivity index (χ0n) is 12.9. The molecule has 114 valence electrons. The van der Waals surface area contributed by atoms with Gasteiger partial charge in [0.25, 0.3) is 5.91 Å². The summed E-state index contributed by atoms with van der Waals surface area (Å²) >= 11 is 0. The highest BCUT2D eigenvalue weighted by Gasteiger charge is 2.06. The fourth-order valence-corrected chi connectivity index (χ4v) is 1.78. The van der Waals surface area contributed by atoms with Crippen LogP contribution in [0.15, 0.2) is 18.2 Å². The van der Waals surface area contributed by atoms with Crippen molar-refractivity contribution in [2.75, 3.05) is 26.3 Å². The molecule has 0 heterocycles. The lowest BCUT2D eigenvalue weighted by molar-refractivity contribution is 0.0912.